The van der Waals surface area contributed by atoms with E-state index in [1.807, 2.05) is 0 Å². The quantitative estimate of drug-likeness (QED) is 0.514. The standard InChI is InChI=1S/C14H14N2O3/c17-14(13-7-9-4-5-10(13)6-9)15-11-2-1-3-12(8-11)16(18)19/h1-5,8-10,13H,6-7H2,(H,15,17). The number of benzene rings is 1. The van der Waals surface area contributed by atoms with Crippen LogP contribution in [-0.2, 0) is 4.79 Å². The Morgan fingerprint density at radius 1 is 1.32 bits per heavy atom. The maximum atomic E-state index is 12.2. The van der Waals surface area contributed by atoms with Crippen molar-refractivity contribution in [2.24, 2.45) is 17.8 Å². The summed E-state index contributed by atoms with van der Waals surface area (Å²) in [5.74, 6) is 0.848. The molecular formula is C14H14N2O3. The van der Waals surface area contributed by atoms with E-state index in [0.717, 1.165) is 12.8 Å². The van der Waals surface area contributed by atoms with E-state index in [1.54, 1.807) is 12.1 Å². The molecule has 2 aliphatic carbocycles. The lowest BCUT2D eigenvalue weighted by atomic mass is 9.93. The summed E-state index contributed by atoms with van der Waals surface area (Å²) >= 11 is 0. The van der Waals surface area contributed by atoms with Gasteiger partial charge in [-0.15, -0.1) is 0 Å². The molecule has 3 unspecified atom stereocenters. The molecule has 3 rings (SSSR count). The van der Waals surface area contributed by atoms with Gasteiger partial charge in [-0.3, -0.25) is 14.9 Å². The van der Waals surface area contributed by atoms with Crippen molar-refractivity contribution in [3.63, 3.8) is 0 Å². The van der Waals surface area contributed by atoms with Gasteiger partial charge in [0, 0.05) is 23.7 Å². The topological polar surface area (TPSA) is 72.2 Å². The molecule has 3 atom stereocenters. The van der Waals surface area contributed by atoms with Crippen LogP contribution in [0.15, 0.2) is 36.4 Å². The summed E-state index contributed by atoms with van der Waals surface area (Å²) in [5, 5.41) is 13.5. The zero-order valence-electron chi connectivity index (χ0n) is 10.3. The summed E-state index contributed by atoms with van der Waals surface area (Å²) in [6.07, 6.45) is 6.25. The van der Waals surface area contributed by atoms with Crippen LogP contribution < -0.4 is 5.32 Å². The number of nitrogens with one attached hydrogen (secondary N) is 1. The number of nitro groups is 1. The number of hydrogen-bond donors (Lipinski definition) is 1. The first kappa shape index (κ1) is 11.9. The van der Waals surface area contributed by atoms with E-state index in [0.29, 0.717) is 17.5 Å². The predicted molar refractivity (Wildman–Crippen MR) is 70.6 cm³/mol. The molecule has 5 nitrogen and oxygen atoms in total. The van der Waals surface area contributed by atoms with E-state index in [2.05, 4.69) is 17.5 Å². The third-order valence-corrected chi connectivity index (χ3v) is 3.94. The number of carbonyl (C=O) groups is 1. The van der Waals surface area contributed by atoms with Gasteiger partial charge in [-0.2, -0.15) is 0 Å². The molecule has 1 N–H and O–H groups in total. The number of amides is 1. The first-order valence-electron chi connectivity index (χ1n) is 6.37. The molecule has 1 aromatic rings. The molecule has 1 aromatic carbocycles. The van der Waals surface area contributed by atoms with Crippen molar-refractivity contribution < 1.29 is 9.72 Å². The lowest BCUT2D eigenvalue weighted by Gasteiger charge is -2.17. The fourth-order valence-electron chi connectivity index (χ4n) is 3.01. The highest BCUT2D eigenvalue weighted by atomic mass is 16.6. The van der Waals surface area contributed by atoms with Gasteiger partial charge >= 0.3 is 0 Å². The fourth-order valence-corrected chi connectivity index (χ4v) is 3.01. The van der Waals surface area contributed by atoms with Crippen LogP contribution in [-0.4, -0.2) is 10.8 Å². The largest absolute Gasteiger partial charge is 0.326 e. The van der Waals surface area contributed by atoms with E-state index in [4.69, 9.17) is 0 Å². The molecule has 5 heteroatoms. The summed E-state index contributed by atoms with van der Waals surface area (Å²) in [6, 6.07) is 6.05. The molecule has 0 heterocycles. The average Bonchev–Trinajstić information content (AvgIpc) is 3.01. The molecule has 0 spiro atoms. The highest BCUT2D eigenvalue weighted by Crippen LogP contribution is 2.43. The van der Waals surface area contributed by atoms with Crippen LogP contribution in [0, 0.1) is 27.9 Å². The van der Waals surface area contributed by atoms with Crippen molar-refractivity contribution >= 4 is 17.3 Å². The summed E-state index contributed by atoms with van der Waals surface area (Å²) in [7, 11) is 0. The molecule has 98 valence electrons. The van der Waals surface area contributed by atoms with Crippen LogP contribution in [0.5, 0.6) is 0 Å². The van der Waals surface area contributed by atoms with Gasteiger partial charge in [0.1, 0.15) is 0 Å². The number of rotatable bonds is 3. The number of fused-ring (bicyclic) bond motifs is 2. The maximum absolute atomic E-state index is 12.2. The van der Waals surface area contributed by atoms with Crippen molar-refractivity contribution in [3.8, 4) is 0 Å². The van der Waals surface area contributed by atoms with Crippen molar-refractivity contribution in [1.82, 2.24) is 0 Å². The molecule has 2 aliphatic rings. The van der Waals surface area contributed by atoms with Gasteiger partial charge in [0.15, 0.2) is 0 Å². The first-order chi connectivity index (χ1) is 9.13. The third kappa shape index (κ3) is 2.23. The third-order valence-electron chi connectivity index (χ3n) is 3.94. The SMILES string of the molecule is O=C(Nc1cccc([N+](=O)[O-])c1)C1CC2C=CC1C2. The molecule has 0 aliphatic heterocycles. The van der Waals surface area contributed by atoms with E-state index in [-0.39, 0.29) is 17.5 Å². The van der Waals surface area contributed by atoms with Gasteiger partial charge in [-0.1, -0.05) is 18.2 Å². The van der Waals surface area contributed by atoms with Gasteiger partial charge < -0.3 is 5.32 Å². The second-order valence-electron chi connectivity index (χ2n) is 5.18. The van der Waals surface area contributed by atoms with Crippen LogP contribution in [0.3, 0.4) is 0 Å². The van der Waals surface area contributed by atoms with E-state index >= 15 is 0 Å². The Hall–Kier alpha value is -2.17. The molecule has 19 heavy (non-hydrogen) atoms. The summed E-state index contributed by atoms with van der Waals surface area (Å²) in [4.78, 5) is 22.4. The Labute approximate surface area is 110 Å². The molecule has 1 saturated carbocycles. The first-order valence-corrected chi connectivity index (χ1v) is 6.37. The monoisotopic (exact) mass is 258 g/mol. The lowest BCUT2D eigenvalue weighted by Crippen LogP contribution is -2.25. The Bertz CT molecular complexity index is 568. The van der Waals surface area contributed by atoms with Crippen molar-refractivity contribution in [1.29, 1.82) is 0 Å². The van der Waals surface area contributed by atoms with Crippen LogP contribution in [0.2, 0.25) is 0 Å². The minimum Gasteiger partial charge on any atom is -0.326 e. The van der Waals surface area contributed by atoms with Crippen molar-refractivity contribution in [2.75, 3.05) is 5.32 Å². The van der Waals surface area contributed by atoms with Crippen molar-refractivity contribution in [3.05, 3.63) is 46.5 Å². The number of allylic oxidation sites excluding steroid dienone is 2. The number of carbonyl (C=O) groups excluding carboxylic acids is 1. The van der Waals surface area contributed by atoms with Gasteiger partial charge in [-0.05, 0) is 30.7 Å². The lowest BCUT2D eigenvalue weighted by molar-refractivity contribution is -0.384. The number of anilines is 1. The number of non-ortho nitro benzene ring substituents is 1. The predicted octanol–water partition coefficient (Wildman–Crippen LogP) is 2.75. The number of hydrogen-bond acceptors (Lipinski definition) is 3. The van der Waals surface area contributed by atoms with Gasteiger partial charge in [0.05, 0.1) is 4.92 Å². The van der Waals surface area contributed by atoms with Crippen molar-refractivity contribution in [2.45, 2.75) is 12.8 Å². The van der Waals surface area contributed by atoms with E-state index < -0.39 is 4.92 Å². The van der Waals surface area contributed by atoms with E-state index in [1.165, 1.54) is 12.1 Å². The number of nitro benzene ring substituents is 1. The summed E-state index contributed by atoms with van der Waals surface area (Å²) < 4.78 is 0. The highest BCUT2D eigenvalue weighted by molar-refractivity contribution is 5.93. The Morgan fingerprint density at radius 2 is 2.16 bits per heavy atom. The fraction of sp³-hybridized carbons (Fsp3) is 0.357. The molecule has 0 saturated heterocycles. The van der Waals surface area contributed by atoms with Crippen LogP contribution in [0.4, 0.5) is 11.4 Å². The van der Waals surface area contributed by atoms with Gasteiger partial charge in [0.2, 0.25) is 5.91 Å². The van der Waals surface area contributed by atoms with Gasteiger partial charge in [0.25, 0.3) is 5.69 Å². The smallest absolute Gasteiger partial charge is 0.271 e. The molecule has 0 radical (unpaired) electrons. The zero-order valence-corrected chi connectivity index (χ0v) is 10.3. The molecular weight excluding hydrogens is 244 g/mol. The second-order valence-corrected chi connectivity index (χ2v) is 5.18. The Balaban J connectivity index is 1.71. The molecule has 2 bridgehead atoms. The second kappa shape index (κ2) is 4.50. The maximum Gasteiger partial charge on any atom is 0.271 e. The normalized spacial score (nSPS) is 27.5. The van der Waals surface area contributed by atoms with Crippen LogP contribution in [0.25, 0.3) is 0 Å². The molecule has 1 amide bonds. The van der Waals surface area contributed by atoms with E-state index in [9.17, 15) is 14.9 Å². The molecule has 1 fully saturated rings. The minimum atomic E-state index is -0.462. The number of nitrogens with zero attached hydrogens (tertiary/aromatic N) is 1. The van der Waals surface area contributed by atoms with Crippen LogP contribution >= 0.6 is 0 Å². The zero-order chi connectivity index (χ0) is 13.4. The Kier molecular flexibility index (Phi) is 2.81. The molecule has 0 aromatic heterocycles. The highest BCUT2D eigenvalue weighted by Gasteiger charge is 2.39. The van der Waals surface area contributed by atoms with Crippen LogP contribution in [0.1, 0.15) is 12.8 Å². The summed E-state index contributed by atoms with van der Waals surface area (Å²) in [6.45, 7) is 0. The average molecular weight is 258 g/mol. The minimum absolute atomic E-state index is 0.00858. The van der Waals surface area contributed by atoms with Gasteiger partial charge in [-0.25, -0.2) is 0 Å². The summed E-state index contributed by atoms with van der Waals surface area (Å²) in [5.41, 5.74) is 0.483. The Morgan fingerprint density at radius 3 is 2.79 bits per heavy atom.